The molecular weight excluding hydrogens is 442 g/mol. The molecule has 0 radical (unpaired) electrons. The van der Waals surface area contributed by atoms with E-state index in [2.05, 4.69) is 37.9 Å². The topological polar surface area (TPSA) is 79.0 Å². The summed E-state index contributed by atoms with van der Waals surface area (Å²) in [6.07, 6.45) is 2.51. The average molecular weight is 476 g/mol. The number of ether oxygens (including phenoxy) is 1. The summed E-state index contributed by atoms with van der Waals surface area (Å²) in [5.74, 6) is -0.525. The van der Waals surface area contributed by atoms with Crippen molar-refractivity contribution in [1.29, 1.82) is 0 Å². The van der Waals surface area contributed by atoms with Gasteiger partial charge in [-0.1, -0.05) is 13.0 Å². The van der Waals surface area contributed by atoms with Crippen LogP contribution in [0.5, 0.6) is 5.75 Å². The van der Waals surface area contributed by atoms with Gasteiger partial charge in [-0.15, -0.1) is 0 Å². The summed E-state index contributed by atoms with van der Waals surface area (Å²) in [4.78, 5) is 42.2. The Labute approximate surface area is 206 Å². The molecule has 7 nitrogen and oxygen atoms in total. The first-order valence-corrected chi connectivity index (χ1v) is 12.0. The van der Waals surface area contributed by atoms with E-state index in [4.69, 9.17) is 4.74 Å². The van der Waals surface area contributed by atoms with Crippen molar-refractivity contribution >= 4 is 35.3 Å². The highest BCUT2D eigenvalue weighted by atomic mass is 16.5. The van der Waals surface area contributed by atoms with E-state index in [1.807, 2.05) is 32.0 Å². The number of rotatable bonds is 4. The van der Waals surface area contributed by atoms with Crippen LogP contribution in [0.2, 0.25) is 0 Å². The molecule has 2 aliphatic heterocycles. The molecule has 2 aromatic rings. The number of aryl methyl sites for hydroxylation is 2. The lowest BCUT2D eigenvalue weighted by Crippen LogP contribution is -2.54. The molecule has 184 valence electrons. The largest absolute Gasteiger partial charge is 0.496 e. The SMILES string of the molecule is CCN1c2cc(OC)c(/C=C3/C(=O)NC(=O)N(c4cc(C)cc(C)c4)C3=O)cc2C(C)CC1(C)C. The average Bonchev–Trinajstić information content (AvgIpc) is 2.75. The molecule has 35 heavy (non-hydrogen) atoms. The summed E-state index contributed by atoms with van der Waals surface area (Å²) < 4.78 is 5.69. The van der Waals surface area contributed by atoms with Crippen molar-refractivity contribution in [2.24, 2.45) is 0 Å². The predicted molar refractivity (Wildman–Crippen MR) is 138 cm³/mol. The Morgan fingerprint density at radius 2 is 1.74 bits per heavy atom. The maximum absolute atomic E-state index is 13.4. The Bertz CT molecular complexity index is 1240. The second-order valence-corrected chi connectivity index (χ2v) is 10.1. The number of urea groups is 1. The van der Waals surface area contributed by atoms with Gasteiger partial charge in [-0.2, -0.15) is 0 Å². The monoisotopic (exact) mass is 475 g/mol. The van der Waals surface area contributed by atoms with E-state index < -0.39 is 17.8 Å². The number of imide groups is 2. The lowest BCUT2D eigenvalue weighted by atomic mass is 9.79. The number of benzene rings is 2. The van der Waals surface area contributed by atoms with Crippen molar-refractivity contribution in [1.82, 2.24) is 5.32 Å². The Kier molecular flexibility index (Phi) is 6.21. The number of hydrogen-bond acceptors (Lipinski definition) is 5. The number of carbonyl (C=O) groups is 3. The van der Waals surface area contributed by atoms with Crippen LogP contribution in [0, 0.1) is 13.8 Å². The number of carbonyl (C=O) groups excluding carboxylic acids is 3. The van der Waals surface area contributed by atoms with Gasteiger partial charge in [0.15, 0.2) is 0 Å². The molecule has 1 unspecified atom stereocenters. The van der Waals surface area contributed by atoms with E-state index >= 15 is 0 Å². The van der Waals surface area contributed by atoms with Crippen LogP contribution in [-0.2, 0) is 9.59 Å². The number of barbiturate groups is 1. The van der Waals surface area contributed by atoms with Crippen molar-refractivity contribution in [2.75, 3.05) is 23.5 Å². The van der Waals surface area contributed by atoms with E-state index in [9.17, 15) is 14.4 Å². The zero-order valence-electron chi connectivity index (χ0n) is 21.5. The van der Waals surface area contributed by atoms with Gasteiger partial charge in [0.25, 0.3) is 11.8 Å². The third kappa shape index (κ3) is 4.31. The summed E-state index contributed by atoms with van der Waals surface area (Å²) in [6, 6.07) is 8.69. The Balaban J connectivity index is 1.82. The number of methoxy groups -OCH3 is 1. The Hall–Kier alpha value is -3.61. The highest BCUT2D eigenvalue weighted by Crippen LogP contribution is 2.46. The number of fused-ring (bicyclic) bond motifs is 1. The van der Waals surface area contributed by atoms with E-state index in [0.717, 1.165) is 40.2 Å². The summed E-state index contributed by atoms with van der Waals surface area (Å²) in [6.45, 7) is 13.4. The number of amides is 4. The van der Waals surface area contributed by atoms with Crippen molar-refractivity contribution in [3.8, 4) is 5.75 Å². The number of anilines is 2. The molecule has 0 aromatic heterocycles. The fourth-order valence-electron chi connectivity index (χ4n) is 5.54. The van der Waals surface area contributed by atoms with Gasteiger partial charge in [0.2, 0.25) is 0 Å². The first kappa shape index (κ1) is 24.5. The minimum absolute atomic E-state index is 0.00180. The summed E-state index contributed by atoms with van der Waals surface area (Å²) >= 11 is 0. The fraction of sp³-hybridized carbons (Fsp3) is 0.393. The van der Waals surface area contributed by atoms with Crippen LogP contribution in [0.4, 0.5) is 16.2 Å². The smallest absolute Gasteiger partial charge is 0.335 e. The van der Waals surface area contributed by atoms with Gasteiger partial charge in [0.1, 0.15) is 11.3 Å². The molecule has 0 aliphatic carbocycles. The molecule has 2 aliphatic rings. The number of hydrogen-bond donors (Lipinski definition) is 1. The summed E-state index contributed by atoms with van der Waals surface area (Å²) in [7, 11) is 1.57. The van der Waals surface area contributed by atoms with Crippen LogP contribution >= 0.6 is 0 Å². The fourth-order valence-corrected chi connectivity index (χ4v) is 5.54. The molecular formula is C28H33N3O4. The molecule has 1 atom stereocenters. The predicted octanol–water partition coefficient (Wildman–Crippen LogP) is 5.09. The van der Waals surface area contributed by atoms with Gasteiger partial charge in [-0.05, 0) is 87.9 Å². The highest BCUT2D eigenvalue weighted by molar-refractivity contribution is 6.39. The molecule has 4 amide bonds. The normalized spacial score (nSPS) is 20.7. The highest BCUT2D eigenvalue weighted by Gasteiger charge is 2.39. The van der Waals surface area contributed by atoms with Gasteiger partial charge in [0, 0.05) is 29.4 Å². The summed E-state index contributed by atoms with van der Waals surface area (Å²) in [5.41, 5.74) is 5.01. The zero-order chi connectivity index (χ0) is 25.7. The second kappa shape index (κ2) is 8.87. The van der Waals surface area contributed by atoms with Crippen LogP contribution in [0.1, 0.15) is 62.3 Å². The van der Waals surface area contributed by atoms with Gasteiger partial charge in [-0.25, -0.2) is 9.69 Å². The Morgan fingerprint density at radius 1 is 1.09 bits per heavy atom. The van der Waals surface area contributed by atoms with Crippen LogP contribution in [0.3, 0.4) is 0 Å². The van der Waals surface area contributed by atoms with Gasteiger partial charge < -0.3 is 9.64 Å². The zero-order valence-corrected chi connectivity index (χ0v) is 21.5. The molecule has 1 N–H and O–H groups in total. The lowest BCUT2D eigenvalue weighted by molar-refractivity contribution is -0.122. The van der Waals surface area contributed by atoms with Crippen LogP contribution in [0.25, 0.3) is 6.08 Å². The van der Waals surface area contributed by atoms with Crippen molar-refractivity contribution in [3.63, 3.8) is 0 Å². The molecule has 0 saturated carbocycles. The van der Waals surface area contributed by atoms with Gasteiger partial charge in [-0.3, -0.25) is 14.9 Å². The number of nitrogens with zero attached hydrogens (tertiary/aromatic N) is 2. The molecule has 0 spiro atoms. The van der Waals surface area contributed by atoms with Gasteiger partial charge in [0.05, 0.1) is 12.8 Å². The van der Waals surface area contributed by atoms with Crippen molar-refractivity contribution in [3.05, 3.63) is 58.2 Å². The third-order valence-electron chi connectivity index (χ3n) is 6.92. The lowest BCUT2D eigenvalue weighted by Gasteiger charge is -2.47. The first-order chi connectivity index (χ1) is 16.5. The molecule has 4 rings (SSSR count). The third-order valence-corrected chi connectivity index (χ3v) is 6.92. The van der Waals surface area contributed by atoms with Crippen LogP contribution in [-0.4, -0.2) is 37.0 Å². The second-order valence-electron chi connectivity index (χ2n) is 10.1. The molecule has 1 fully saturated rings. The molecule has 2 heterocycles. The Morgan fingerprint density at radius 3 is 2.34 bits per heavy atom. The van der Waals surface area contributed by atoms with Crippen molar-refractivity contribution < 1.29 is 19.1 Å². The maximum atomic E-state index is 13.4. The molecule has 0 bridgehead atoms. The number of nitrogens with one attached hydrogen (secondary N) is 1. The summed E-state index contributed by atoms with van der Waals surface area (Å²) in [5, 5.41) is 2.31. The maximum Gasteiger partial charge on any atom is 0.335 e. The molecule has 1 saturated heterocycles. The quantitative estimate of drug-likeness (QED) is 0.492. The van der Waals surface area contributed by atoms with E-state index in [0.29, 0.717) is 17.0 Å². The van der Waals surface area contributed by atoms with Crippen molar-refractivity contribution in [2.45, 2.75) is 59.4 Å². The van der Waals surface area contributed by atoms with Crippen LogP contribution in [0.15, 0.2) is 35.9 Å². The minimum atomic E-state index is -0.756. The molecule has 2 aromatic carbocycles. The van der Waals surface area contributed by atoms with E-state index in [1.165, 1.54) is 6.08 Å². The van der Waals surface area contributed by atoms with E-state index in [-0.39, 0.29) is 17.0 Å². The van der Waals surface area contributed by atoms with Crippen LogP contribution < -0.4 is 19.9 Å². The van der Waals surface area contributed by atoms with Gasteiger partial charge >= 0.3 is 6.03 Å². The van der Waals surface area contributed by atoms with E-state index in [1.54, 1.807) is 19.2 Å². The first-order valence-electron chi connectivity index (χ1n) is 12.0. The molecule has 7 heteroatoms. The standard InChI is InChI=1S/C28H33N3O4/c1-8-30-23-14-24(35-7)19(12-21(23)18(4)15-28(30,5)6)13-22-25(32)29-27(34)31(26(22)33)20-10-16(2)9-17(3)11-20/h9-14,18H,8,15H2,1-7H3,(H,29,32,34)/b22-13-. The minimum Gasteiger partial charge on any atom is -0.496 e.